The fraction of sp³-hybridized carbons (Fsp3) is 0.600. The maximum absolute atomic E-state index is 11.6. The second-order valence-corrected chi connectivity index (χ2v) is 5.72. The molecule has 0 spiro atoms. The molecule has 0 radical (unpaired) electrons. The molecule has 5 heteroatoms. The lowest BCUT2D eigenvalue weighted by atomic mass is 10.1. The fourth-order valence-electron chi connectivity index (χ4n) is 3.01. The summed E-state index contributed by atoms with van der Waals surface area (Å²) in [5.41, 5.74) is 1.21. The van der Waals surface area contributed by atoms with Gasteiger partial charge < -0.3 is 10.1 Å². The number of carbonyl (C=O) groups is 1. The van der Waals surface area contributed by atoms with Crippen LogP contribution in [0.5, 0.6) is 0 Å². The number of aryl methyl sites for hydroxylation is 1. The molecule has 20 heavy (non-hydrogen) atoms. The van der Waals surface area contributed by atoms with Gasteiger partial charge in [-0.1, -0.05) is 0 Å². The molecule has 5 nitrogen and oxygen atoms in total. The number of aromatic nitrogens is 1. The Morgan fingerprint density at radius 1 is 1.50 bits per heavy atom. The van der Waals surface area contributed by atoms with Crippen LogP contribution in [-0.2, 0) is 9.53 Å². The Kier molecular flexibility index (Phi) is 3.87. The molecule has 2 aliphatic heterocycles. The van der Waals surface area contributed by atoms with E-state index in [0.29, 0.717) is 12.5 Å². The highest BCUT2D eigenvalue weighted by Crippen LogP contribution is 2.23. The average molecular weight is 275 g/mol. The number of nitrogens with zero attached hydrogens (tertiary/aromatic N) is 2. The Hall–Kier alpha value is -1.62. The number of ether oxygens (including phenoxy) is 1. The van der Waals surface area contributed by atoms with Gasteiger partial charge in [0.15, 0.2) is 0 Å². The van der Waals surface area contributed by atoms with Gasteiger partial charge in [-0.05, 0) is 43.5 Å². The molecule has 1 aromatic rings. The van der Waals surface area contributed by atoms with Gasteiger partial charge in [-0.3, -0.25) is 9.69 Å². The first-order chi connectivity index (χ1) is 9.72. The van der Waals surface area contributed by atoms with E-state index in [1.165, 1.54) is 5.56 Å². The molecule has 0 amide bonds. The summed E-state index contributed by atoms with van der Waals surface area (Å²) in [6.07, 6.45) is 3.80. The molecule has 3 rings (SSSR count). The molecule has 0 bridgehead atoms. The topological polar surface area (TPSA) is 54.5 Å². The molecule has 108 valence electrons. The van der Waals surface area contributed by atoms with Crippen LogP contribution < -0.4 is 5.32 Å². The van der Waals surface area contributed by atoms with Gasteiger partial charge in [0.1, 0.15) is 11.9 Å². The van der Waals surface area contributed by atoms with Gasteiger partial charge in [0, 0.05) is 25.7 Å². The van der Waals surface area contributed by atoms with Crippen LogP contribution in [0, 0.1) is 12.8 Å². The predicted octanol–water partition coefficient (Wildman–Crippen LogP) is 1.44. The molecular weight excluding hydrogens is 254 g/mol. The van der Waals surface area contributed by atoms with E-state index in [4.69, 9.17) is 4.74 Å². The first-order valence-corrected chi connectivity index (χ1v) is 7.29. The molecule has 1 aromatic heterocycles. The summed E-state index contributed by atoms with van der Waals surface area (Å²) in [5.74, 6) is 1.47. The first-order valence-electron chi connectivity index (χ1n) is 7.29. The van der Waals surface area contributed by atoms with Crippen molar-refractivity contribution in [1.82, 2.24) is 9.88 Å². The number of rotatable bonds is 4. The summed E-state index contributed by atoms with van der Waals surface area (Å²) in [5, 5.41) is 3.40. The van der Waals surface area contributed by atoms with E-state index < -0.39 is 0 Å². The van der Waals surface area contributed by atoms with Gasteiger partial charge in [0.05, 0.1) is 6.61 Å². The Morgan fingerprint density at radius 2 is 2.40 bits per heavy atom. The van der Waals surface area contributed by atoms with E-state index in [1.807, 2.05) is 12.3 Å². The van der Waals surface area contributed by atoms with Crippen LogP contribution in [0.1, 0.15) is 18.4 Å². The second kappa shape index (κ2) is 5.79. The lowest BCUT2D eigenvalue weighted by molar-refractivity contribution is -0.142. The van der Waals surface area contributed by atoms with Crippen molar-refractivity contribution in [3.63, 3.8) is 0 Å². The van der Waals surface area contributed by atoms with Crippen molar-refractivity contribution in [2.75, 3.05) is 31.6 Å². The number of anilines is 1. The minimum atomic E-state index is -0.0426. The minimum absolute atomic E-state index is 0.00269. The van der Waals surface area contributed by atoms with Gasteiger partial charge in [0.25, 0.3) is 0 Å². The Labute approximate surface area is 119 Å². The number of hydrogen-bond donors (Lipinski definition) is 1. The summed E-state index contributed by atoms with van der Waals surface area (Å²) in [7, 11) is 0. The van der Waals surface area contributed by atoms with Crippen LogP contribution in [0.3, 0.4) is 0 Å². The predicted molar refractivity (Wildman–Crippen MR) is 76.5 cm³/mol. The summed E-state index contributed by atoms with van der Waals surface area (Å²) in [6, 6.07) is 4.05. The highest BCUT2D eigenvalue weighted by atomic mass is 16.5. The molecule has 2 atom stereocenters. The molecule has 0 aliphatic carbocycles. The van der Waals surface area contributed by atoms with Crippen LogP contribution in [0.25, 0.3) is 0 Å². The van der Waals surface area contributed by atoms with Crippen molar-refractivity contribution in [3.8, 4) is 0 Å². The van der Waals surface area contributed by atoms with E-state index in [2.05, 4.69) is 28.2 Å². The SMILES string of the molecule is Cc1ccnc(NCC2CCN(C3CCOC3=O)C2)c1. The van der Waals surface area contributed by atoms with Crippen molar-refractivity contribution in [1.29, 1.82) is 0 Å². The minimum Gasteiger partial charge on any atom is -0.464 e. The largest absolute Gasteiger partial charge is 0.464 e. The molecule has 1 N–H and O–H groups in total. The molecule has 2 aliphatic rings. The Bertz CT molecular complexity index is 492. The lowest BCUT2D eigenvalue weighted by Crippen LogP contribution is -2.37. The molecule has 2 saturated heterocycles. The summed E-state index contributed by atoms with van der Waals surface area (Å²) < 4.78 is 5.05. The van der Waals surface area contributed by atoms with Crippen LogP contribution in [0.4, 0.5) is 5.82 Å². The number of cyclic esters (lactones) is 1. The smallest absolute Gasteiger partial charge is 0.323 e. The zero-order valence-electron chi connectivity index (χ0n) is 11.8. The average Bonchev–Trinajstić information content (AvgIpc) is 3.05. The van der Waals surface area contributed by atoms with Crippen molar-refractivity contribution in [2.45, 2.75) is 25.8 Å². The van der Waals surface area contributed by atoms with E-state index in [9.17, 15) is 4.79 Å². The summed E-state index contributed by atoms with van der Waals surface area (Å²) >= 11 is 0. The van der Waals surface area contributed by atoms with Crippen LogP contribution in [0.2, 0.25) is 0 Å². The second-order valence-electron chi connectivity index (χ2n) is 5.72. The molecule has 3 heterocycles. The zero-order valence-corrected chi connectivity index (χ0v) is 11.8. The first kappa shape index (κ1) is 13.4. The van der Waals surface area contributed by atoms with Crippen molar-refractivity contribution in [2.24, 2.45) is 5.92 Å². The summed E-state index contributed by atoms with van der Waals surface area (Å²) in [6.45, 7) is 5.52. The van der Waals surface area contributed by atoms with Gasteiger partial charge in [-0.2, -0.15) is 0 Å². The fourth-order valence-corrected chi connectivity index (χ4v) is 3.01. The normalized spacial score (nSPS) is 26.8. The van der Waals surface area contributed by atoms with Gasteiger partial charge >= 0.3 is 5.97 Å². The summed E-state index contributed by atoms with van der Waals surface area (Å²) in [4.78, 5) is 18.2. The molecule has 2 fully saturated rings. The number of pyridine rings is 1. The Balaban J connectivity index is 1.49. The van der Waals surface area contributed by atoms with Gasteiger partial charge in [-0.15, -0.1) is 0 Å². The number of hydrogen-bond acceptors (Lipinski definition) is 5. The van der Waals surface area contributed by atoms with Crippen molar-refractivity contribution in [3.05, 3.63) is 23.9 Å². The monoisotopic (exact) mass is 275 g/mol. The van der Waals surface area contributed by atoms with Gasteiger partial charge in [0.2, 0.25) is 0 Å². The van der Waals surface area contributed by atoms with Crippen molar-refractivity contribution < 1.29 is 9.53 Å². The third kappa shape index (κ3) is 2.93. The Morgan fingerprint density at radius 3 is 3.15 bits per heavy atom. The lowest BCUT2D eigenvalue weighted by Gasteiger charge is -2.20. The highest BCUT2D eigenvalue weighted by molar-refractivity contribution is 5.77. The van der Waals surface area contributed by atoms with Gasteiger partial charge in [-0.25, -0.2) is 4.98 Å². The molecular formula is C15H21N3O2. The number of likely N-dealkylation sites (tertiary alicyclic amines) is 1. The van der Waals surface area contributed by atoms with E-state index >= 15 is 0 Å². The maximum Gasteiger partial charge on any atom is 0.323 e. The van der Waals surface area contributed by atoms with Crippen LogP contribution in [-0.4, -0.2) is 48.1 Å². The zero-order chi connectivity index (χ0) is 13.9. The molecule has 0 aromatic carbocycles. The molecule has 2 unspecified atom stereocenters. The number of esters is 1. The maximum atomic E-state index is 11.6. The van der Waals surface area contributed by atoms with E-state index in [0.717, 1.165) is 38.3 Å². The third-order valence-corrected chi connectivity index (χ3v) is 4.15. The number of carbonyl (C=O) groups excluding carboxylic acids is 1. The van der Waals surface area contributed by atoms with Crippen molar-refractivity contribution >= 4 is 11.8 Å². The van der Waals surface area contributed by atoms with E-state index in [-0.39, 0.29) is 12.0 Å². The molecule has 0 saturated carbocycles. The highest BCUT2D eigenvalue weighted by Gasteiger charge is 2.36. The van der Waals surface area contributed by atoms with Crippen LogP contribution >= 0.6 is 0 Å². The third-order valence-electron chi connectivity index (χ3n) is 4.15. The van der Waals surface area contributed by atoms with E-state index in [1.54, 1.807) is 0 Å². The number of nitrogens with one attached hydrogen (secondary N) is 1. The quantitative estimate of drug-likeness (QED) is 0.843. The standard InChI is InChI=1S/C15H21N3O2/c1-11-2-5-16-14(8-11)17-9-12-3-6-18(10-12)13-4-7-20-15(13)19/h2,5,8,12-13H,3-4,6-7,9-10H2,1H3,(H,16,17). The van der Waals surface area contributed by atoms with Crippen LogP contribution in [0.15, 0.2) is 18.3 Å².